The van der Waals surface area contributed by atoms with E-state index >= 15 is 0 Å². The third-order valence-electron chi connectivity index (χ3n) is 2.13. The summed E-state index contributed by atoms with van der Waals surface area (Å²) < 4.78 is 6.22. The molecule has 4 nitrogen and oxygen atoms in total. The molecule has 1 heterocycles. The standard InChI is InChI=1S/C11H15IN2O2/c1-11(2,16-3)6-10(15)14-9-5-4-8(12)7-13-9/h4-5,7H,6H2,1-3H3,(H,13,14,15). The highest BCUT2D eigenvalue weighted by molar-refractivity contribution is 14.1. The smallest absolute Gasteiger partial charge is 0.228 e. The summed E-state index contributed by atoms with van der Waals surface area (Å²) in [4.78, 5) is 15.7. The van der Waals surface area contributed by atoms with E-state index in [0.717, 1.165) is 3.57 Å². The third-order valence-corrected chi connectivity index (χ3v) is 2.77. The molecular weight excluding hydrogens is 319 g/mol. The van der Waals surface area contributed by atoms with Gasteiger partial charge in [-0.2, -0.15) is 0 Å². The largest absolute Gasteiger partial charge is 0.378 e. The monoisotopic (exact) mass is 334 g/mol. The molecule has 0 saturated heterocycles. The Morgan fingerprint density at radius 1 is 1.56 bits per heavy atom. The Labute approximate surface area is 109 Å². The predicted octanol–water partition coefficient (Wildman–Crippen LogP) is 2.44. The van der Waals surface area contributed by atoms with Crippen molar-refractivity contribution >= 4 is 34.3 Å². The fraction of sp³-hybridized carbons (Fsp3) is 0.455. The Balaban J connectivity index is 2.55. The van der Waals surface area contributed by atoms with Crippen LogP contribution in [0.25, 0.3) is 0 Å². The number of hydrogen-bond acceptors (Lipinski definition) is 3. The second-order valence-electron chi connectivity index (χ2n) is 4.05. The van der Waals surface area contributed by atoms with Crippen LogP contribution >= 0.6 is 22.6 Å². The van der Waals surface area contributed by atoms with Gasteiger partial charge in [-0.25, -0.2) is 4.98 Å². The number of pyridine rings is 1. The molecule has 1 aromatic rings. The first-order chi connectivity index (χ1) is 7.43. The molecule has 0 saturated carbocycles. The van der Waals surface area contributed by atoms with Gasteiger partial charge in [0.15, 0.2) is 0 Å². The van der Waals surface area contributed by atoms with Gasteiger partial charge in [0.1, 0.15) is 5.82 Å². The molecule has 0 aliphatic heterocycles. The number of rotatable bonds is 4. The van der Waals surface area contributed by atoms with Crippen LogP contribution in [0.15, 0.2) is 18.3 Å². The second-order valence-corrected chi connectivity index (χ2v) is 5.30. The van der Waals surface area contributed by atoms with Gasteiger partial charge in [-0.3, -0.25) is 4.79 Å². The van der Waals surface area contributed by atoms with E-state index in [1.165, 1.54) is 0 Å². The van der Waals surface area contributed by atoms with Crippen LogP contribution in [0, 0.1) is 3.57 Å². The summed E-state index contributed by atoms with van der Waals surface area (Å²) >= 11 is 2.16. The van der Waals surface area contributed by atoms with E-state index in [4.69, 9.17) is 4.74 Å². The van der Waals surface area contributed by atoms with Crippen molar-refractivity contribution in [3.8, 4) is 0 Å². The van der Waals surface area contributed by atoms with Gasteiger partial charge in [-0.1, -0.05) is 0 Å². The summed E-state index contributed by atoms with van der Waals surface area (Å²) in [6.45, 7) is 3.74. The lowest BCUT2D eigenvalue weighted by molar-refractivity contribution is -0.121. The van der Waals surface area contributed by atoms with Crippen LogP contribution < -0.4 is 5.32 Å². The number of methoxy groups -OCH3 is 1. The van der Waals surface area contributed by atoms with E-state index in [-0.39, 0.29) is 5.91 Å². The van der Waals surface area contributed by atoms with Gasteiger partial charge < -0.3 is 10.1 Å². The van der Waals surface area contributed by atoms with Crippen molar-refractivity contribution in [3.63, 3.8) is 0 Å². The average molecular weight is 334 g/mol. The van der Waals surface area contributed by atoms with Crippen molar-refractivity contribution in [2.75, 3.05) is 12.4 Å². The first-order valence-electron chi connectivity index (χ1n) is 4.89. The van der Waals surface area contributed by atoms with E-state index in [0.29, 0.717) is 12.2 Å². The summed E-state index contributed by atoms with van der Waals surface area (Å²) in [5.41, 5.74) is -0.451. The zero-order valence-electron chi connectivity index (χ0n) is 9.58. The van der Waals surface area contributed by atoms with E-state index in [1.54, 1.807) is 19.4 Å². The maximum atomic E-state index is 11.6. The lowest BCUT2D eigenvalue weighted by Crippen LogP contribution is -2.29. The number of aromatic nitrogens is 1. The number of carbonyl (C=O) groups excluding carboxylic acids is 1. The summed E-state index contributed by atoms with van der Waals surface area (Å²) in [6.07, 6.45) is 2.01. The number of halogens is 1. The fourth-order valence-electron chi connectivity index (χ4n) is 1.10. The summed E-state index contributed by atoms with van der Waals surface area (Å²) in [5.74, 6) is 0.470. The van der Waals surface area contributed by atoms with Gasteiger partial charge in [0.2, 0.25) is 5.91 Å². The number of nitrogens with one attached hydrogen (secondary N) is 1. The summed E-state index contributed by atoms with van der Waals surface area (Å²) in [7, 11) is 1.59. The second kappa shape index (κ2) is 5.58. The van der Waals surface area contributed by atoms with Crippen LogP contribution in [-0.4, -0.2) is 23.6 Å². The van der Waals surface area contributed by atoms with Crippen molar-refractivity contribution in [1.29, 1.82) is 0 Å². The van der Waals surface area contributed by atoms with Gasteiger partial charge >= 0.3 is 0 Å². The number of nitrogens with zero attached hydrogens (tertiary/aromatic N) is 1. The number of amides is 1. The molecule has 1 N–H and O–H groups in total. The van der Waals surface area contributed by atoms with Gasteiger partial charge in [-0.05, 0) is 48.6 Å². The molecule has 0 spiro atoms. The van der Waals surface area contributed by atoms with Crippen molar-refractivity contribution in [1.82, 2.24) is 4.98 Å². The number of carbonyl (C=O) groups is 1. The Hall–Kier alpha value is -0.690. The number of ether oxygens (including phenoxy) is 1. The average Bonchev–Trinajstić information content (AvgIpc) is 2.21. The van der Waals surface area contributed by atoms with Crippen LogP contribution in [0.4, 0.5) is 5.82 Å². The van der Waals surface area contributed by atoms with Crippen LogP contribution in [-0.2, 0) is 9.53 Å². The van der Waals surface area contributed by atoms with Crippen molar-refractivity contribution < 1.29 is 9.53 Å². The molecule has 0 fully saturated rings. The number of hydrogen-bond donors (Lipinski definition) is 1. The van der Waals surface area contributed by atoms with Crippen LogP contribution in [0.5, 0.6) is 0 Å². The van der Waals surface area contributed by atoms with Crippen molar-refractivity contribution in [2.24, 2.45) is 0 Å². The molecule has 1 aromatic heterocycles. The molecule has 0 aliphatic rings. The first kappa shape index (κ1) is 13.4. The van der Waals surface area contributed by atoms with Gasteiger partial charge in [0.25, 0.3) is 0 Å². The van der Waals surface area contributed by atoms with Crippen LogP contribution in [0.3, 0.4) is 0 Å². The molecule has 1 rings (SSSR count). The molecule has 0 radical (unpaired) electrons. The highest BCUT2D eigenvalue weighted by Gasteiger charge is 2.21. The minimum Gasteiger partial charge on any atom is -0.378 e. The van der Waals surface area contributed by atoms with E-state index in [2.05, 4.69) is 32.9 Å². The molecule has 5 heteroatoms. The lowest BCUT2D eigenvalue weighted by atomic mass is 10.1. The Bertz CT molecular complexity index is 363. The summed E-state index contributed by atoms with van der Waals surface area (Å²) in [6, 6.07) is 3.67. The highest BCUT2D eigenvalue weighted by atomic mass is 127. The first-order valence-corrected chi connectivity index (χ1v) is 5.97. The van der Waals surface area contributed by atoms with Gasteiger partial charge in [-0.15, -0.1) is 0 Å². The van der Waals surface area contributed by atoms with Crippen molar-refractivity contribution in [2.45, 2.75) is 25.9 Å². The quantitative estimate of drug-likeness (QED) is 0.861. The molecule has 88 valence electrons. The van der Waals surface area contributed by atoms with Gasteiger partial charge in [0, 0.05) is 16.9 Å². The van der Waals surface area contributed by atoms with E-state index in [9.17, 15) is 4.79 Å². The van der Waals surface area contributed by atoms with E-state index < -0.39 is 5.60 Å². The van der Waals surface area contributed by atoms with Crippen LogP contribution in [0.2, 0.25) is 0 Å². The summed E-state index contributed by atoms with van der Waals surface area (Å²) in [5, 5.41) is 2.73. The molecule has 0 aromatic carbocycles. The topological polar surface area (TPSA) is 51.2 Å². The Morgan fingerprint density at radius 3 is 2.75 bits per heavy atom. The predicted molar refractivity (Wildman–Crippen MR) is 71.3 cm³/mol. The maximum absolute atomic E-state index is 11.6. The molecule has 0 atom stereocenters. The molecular formula is C11H15IN2O2. The zero-order valence-corrected chi connectivity index (χ0v) is 11.7. The number of anilines is 1. The maximum Gasteiger partial charge on any atom is 0.228 e. The lowest BCUT2D eigenvalue weighted by Gasteiger charge is -2.21. The minimum absolute atomic E-state index is 0.0967. The SMILES string of the molecule is COC(C)(C)CC(=O)Nc1ccc(I)cn1. The highest BCUT2D eigenvalue weighted by Crippen LogP contribution is 2.14. The minimum atomic E-state index is -0.451. The Kier molecular flexibility index (Phi) is 4.67. The zero-order chi connectivity index (χ0) is 12.2. The van der Waals surface area contributed by atoms with Gasteiger partial charge in [0.05, 0.1) is 12.0 Å². The molecule has 1 amide bonds. The third kappa shape index (κ3) is 4.44. The van der Waals surface area contributed by atoms with E-state index in [1.807, 2.05) is 19.9 Å². The fourth-order valence-corrected chi connectivity index (χ4v) is 1.41. The molecule has 0 bridgehead atoms. The van der Waals surface area contributed by atoms with Crippen LogP contribution in [0.1, 0.15) is 20.3 Å². The normalized spacial score (nSPS) is 11.2. The van der Waals surface area contributed by atoms with Crippen molar-refractivity contribution in [3.05, 3.63) is 21.9 Å². The Morgan fingerprint density at radius 2 is 2.25 bits per heavy atom. The molecule has 0 unspecified atom stereocenters. The molecule has 0 aliphatic carbocycles. The molecule has 16 heavy (non-hydrogen) atoms.